The van der Waals surface area contributed by atoms with Crippen LogP contribution in [0.5, 0.6) is 0 Å². The minimum Gasteiger partial charge on any atom is -0.366 e. The maximum absolute atomic E-state index is 11.2. The Kier molecular flexibility index (Phi) is 2.31. The van der Waals surface area contributed by atoms with Gasteiger partial charge in [0.05, 0.1) is 6.54 Å². The van der Waals surface area contributed by atoms with Gasteiger partial charge in [0.2, 0.25) is 0 Å². The molecule has 0 fully saturated rings. The SMILES string of the molecule is OC1(Cc2cccs2)c2ccccc2C2=NCCN21. The first-order valence-electron chi connectivity index (χ1n) is 6.46. The van der Waals surface area contributed by atoms with Gasteiger partial charge in [0.15, 0.2) is 5.72 Å². The van der Waals surface area contributed by atoms with Gasteiger partial charge in [0, 0.05) is 29.0 Å². The third-order valence-electron chi connectivity index (χ3n) is 3.89. The van der Waals surface area contributed by atoms with E-state index in [1.807, 2.05) is 24.3 Å². The zero-order valence-electron chi connectivity index (χ0n) is 10.4. The van der Waals surface area contributed by atoms with Crippen LogP contribution in [0.1, 0.15) is 16.0 Å². The Morgan fingerprint density at radius 1 is 1.26 bits per heavy atom. The molecule has 3 heterocycles. The Bertz CT molecular complexity index is 650. The van der Waals surface area contributed by atoms with Crippen molar-refractivity contribution >= 4 is 17.2 Å². The van der Waals surface area contributed by atoms with Crippen molar-refractivity contribution in [1.29, 1.82) is 0 Å². The van der Waals surface area contributed by atoms with Crippen molar-refractivity contribution < 1.29 is 5.11 Å². The number of aliphatic hydroxyl groups is 1. The summed E-state index contributed by atoms with van der Waals surface area (Å²) in [4.78, 5) is 7.80. The Labute approximate surface area is 115 Å². The number of thiophene rings is 1. The molecule has 0 saturated heterocycles. The van der Waals surface area contributed by atoms with Crippen molar-refractivity contribution in [1.82, 2.24) is 4.90 Å². The third-order valence-corrected chi connectivity index (χ3v) is 4.76. The average molecular weight is 270 g/mol. The molecule has 0 spiro atoms. The summed E-state index contributed by atoms with van der Waals surface area (Å²) in [7, 11) is 0. The summed E-state index contributed by atoms with van der Waals surface area (Å²) in [5, 5.41) is 13.3. The van der Waals surface area contributed by atoms with Crippen molar-refractivity contribution in [3.05, 3.63) is 57.8 Å². The van der Waals surface area contributed by atoms with E-state index in [4.69, 9.17) is 0 Å². The molecule has 4 heteroatoms. The number of hydrogen-bond acceptors (Lipinski definition) is 4. The maximum atomic E-state index is 11.2. The van der Waals surface area contributed by atoms with Gasteiger partial charge < -0.3 is 10.0 Å². The summed E-state index contributed by atoms with van der Waals surface area (Å²) in [5.41, 5.74) is 1.14. The van der Waals surface area contributed by atoms with E-state index in [1.54, 1.807) is 11.3 Å². The van der Waals surface area contributed by atoms with Crippen molar-refractivity contribution in [2.24, 2.45) is 4.99 Å². The number of rotatable bonds is 2. The van der Waals surface area contributed by atoms with Gasteiger partial charge >= 0.3 is 0 Å². The molecular weight excluding hydrogens is 256 g/mol. The van der Waals surface area contributed by atoms with Crippen LogP contribution < -0.4 is 0 Å². The van der Waals surface area contributed by atoms with Crippen molar-refractivity contribution in [3.8, 4) is 0 Å². The fraction of sp³-hybridized carbons (Fsp3) is 0.267. The van der Waals surface area contributed by atoms with Crippen LogP contribution in [0.15, 0.2) is 46.8 Å². The Morgan fingerprint density at radius 3 is 3.00 bits per heavy atom. The van der Waals surface area contributed by atoms with Crippen molar-refractivity contribution in [3.63, 3.8) is 0 Å². The van der Waals surface area contributed by atoms with E-state index in [-0.39, 0.29) is 0 Å². The molecule has 1 unspecified atom stereocenters. The van der Waals surface area contributed by atoms with Crippen molar-refractivity contribution in [2.75, 3.05) is 13.1 Å². The van der Waals surface area contributed by atoms with E-state index in [2.05, 4.69) is 27.4 Å². The predicted molar refractivity (Wildman–Crippen MR) is 76.5 cm³/mol. The molecule has 3 nitrogen and oxygen atoms in total. The second-order valence-electron chi connectivity index (χ2n) is 4.98. The molecule has 0 aliphatic carbocycles. The summed E-state index contributed by atoms with van der Waals surface area (Å²) in [6, 6.07) is 12.2. The van der Waals surface area contributed by atoms with E-state index in [1.165, 1.54) is 4.88 Å². The second-order valence-corrected chi connectivity index (χ2v) is 6.01. The highest BCUT2D eigenvalue weighted by Crippen LogP contribution is 2.41. The van der Waals surface area contributed by atoms with E-state index >= 15 is 0 Å². The summed E-state index contributed by atoms with van der Waals surface area (Å²) < 4.78 is 0. The lowest BCUT2D eigenvalue weighted by Crippen LogP contribution is -2.44. The molecule has 19 heavy (non-hydrogen) atoms. The Morgan fingerprint density at radius 2 is 2.16 bits per heavy atom. The molecule has 1 aromatic carbocycles. The molecule has 2 aliphatic rings. The van der Waals surface area contributed by atoms with E-state index in [0.29, 0.717) is 6.42 Å². The molecule has 1 atom stereocenters. The van der Waals surface area contributed by atoms with E-state index < -0.39 is 5.72 Å². The maximum Gasteiger partial charge on any atom is 0.171 e. The molecule has 0 bridgehead atoms. The van der Waals surface area contributed by atoms with Crippen LogP contribution in [0, 0.1) is 0 Å². The molecule has 2 aromatic rings. The number of nitrogens with zero attached hydrogens (tertiary/aromatic N) is 2. The molecule has 0 amide bonds. The quantitative estimate of drug-likeness (QED) is 0.908. The zero-order chi connectivity index (χ0) is 12.9. The van der Waals surface area contributed by atoms with Crippen LogP contribution in [0.2, 0.25) is 0 Å². The minimum atomic E-state index is -0.934. The van der Waals surface area contributed by atoms with Gasteiger partial charge in [-0.15, -0.1) is 11.3 Å². The molecule has 2 aliphatic heterocycles. The van der Waals surface area contributed by atoms with Gasteiger partial charge in [-0.1, -0.05) is 30.3 Å². The fourth-order valence-electron chi connectivity index (χ4n) is 3.06. The summed E-state index contributed by atoms with van der Waals surface area (Å²) >= 11 is 1.69. The van der Waals surface area contributed by atoms with Gasteiger partial charge in [-0.2, -0.15) is 0 Å². The van der Waals surface area contributed by atoms with Crippen LogP contribution in [0.4, 0.5) is 0 Å². The first-order chi connectivity index (χ1) is 9.29. The van der Waals surface area contributed by atoms with Crippen LogP contribution in [0.25, 0.3) is 0 Å². The first kappa shape index (κ1) is 11.2. The van der Waals surface area contributed by atoms with Crippen LogP contribution >= 0.6 is 11.3 Å². The van der Waals surface area contributed by atoms with Gasteiger partial charge in [0.25, 0.3) is 0 Å². The number of fused-ring (bicyclic) bond motifs is 3. The van der Waals surface area contributed by atoms with Gasteiger partial charge in [-0.05, 0) is 11.4 Å². The predicted octanol–water partition coefficient (Wildman–Crippen LogP) is 2.21. The molecular formula is C15H14N2OS. The summed E-state index contributed by atoms with van der Waals surface area (Å²) in [6.45, 7) is 1.57. The highest BCUT2D eigenvalue weighted by molar-refractivity contribution is 7.09. The van der Waals surface area contributed by atoms with E-state index in [9.17, 15) is 5.11 Å². The third kappa shape index (κ3) is 1.50. The van der Waals surface area contributed by atoms with Crippen LogP contribution in [0.3, 0.4) is 0 Å². The largest absolute Gasteiger partial charge is 0.366 e. The number of benzene rings is 1. The standard InChI is InChI=1S/C15H14N2OS/c18-15(10-11-4-3-9-19-11)13-6-2-1-5-12(13)14-16-7-8-17(14)15/h1-6,9,18H,7-8,10H2. The smallest absolute Gasteiger partial charge is 0.171 e. The highest BCUT2D eigenvalue weighted by Gasteiger charge is 2.48. The second kappa shape index (κ2) is 3.92. The molecule has 0 radical (unpaired) electrons. The first-order valence-corrected chi connectivity index (χ1v) is 7.34. The van der Waals surface area contributed by atoms with E-state index in [0.717, 1.165) is 30.1 Å². The van der Waals surface area contributed by atoms with Gasteiger partial charge in [0.1, 0.15) is 5.84 Å². The van der Waals surface area contributed by atoms with Crippen molar-refractivity contribution in [2.45, 2.75) is 12.1 Å². The van der Waals surface area contributed by atoms with Gasteiger partial charge in [-0.25, -0.2) is 0 Å². The molecule has 4 rings (SSSR count). The van der Waals surface area contributed by atoms with Crippen LogP contribution in [-0.2, 0) is 12.1 Å². The average Bonchev–Trinajstić information content (AvgIpc) is 3.12. The zero-order valence-corrected chi connectivity index (χ0v) is 11.2. The highest BCUT2D eigenvalue weighted by atomic mass is 32.1. The fourth-order valence-corrected chi connectivity index (χ4v) is 3.83. The Balaban J connectivity index is 1.85. The van der Waals surface area contributed by atoms with Crippen LogP contribution in [-0.4, -0.2) is 28.9 Å². The molecule has 96 valence electrons. The number of amidine groups is 1. The Hall–Kier alpha value is -1.65. The molecule has 0 saturated carbocycles. The topological polar surface area (TPSA) is 35.8 Å². The number of hydrogen-bond donors (Lipinski definition) is 1. The summed E-state index contributed by atoms with van der Waals surface area (Å²) in [5.74, 6) is 0.953. The lowest BCUT2D eigenvalue weighted by Gasteiger charge is -2.33. The molecule has 1 aromatic heterocycles. The monoisotopic (exact) mass is 270 g/mol. The van der Waals surface area contributed by atoms with Gasteiger partial charge in [-0.3, -0.25) is 4.99 Å². The summed E-state index contributed by atoms with van der Waals surface area (Å²) in [6.07, 6.45) is 0.626. The lowest BCUT2D eigenvalue weighted by atomic mass is 9.97. The minimum absolute atomic E-state index is 0.626. The lowest BCUT2D eigenvalue weighted by molar-refractivity contribution is -0.0631. The molecule has 1 N–H and O–H groups in total. The normalized spacial score (nSPS) is 24.3. The number of aliphatic imine (C=N–C) groups is 1.